The van der Waals surface area contributed by atoms with Gasteiger partial charge < -0.3 is 10.6 Å². The van der Waals surface area contributed by atoms with Crippen LogP contribution in [0.1, 0.15) is 29.5 Å². The van der Waals surface area contributed by atoms with Crippen molar-refractivity contribution in [2.75, 3.05) is 5.32 Å². The van der Waals surface area contributed by atoms with Gasteiger partial charge in [0.15, 0.2) is 0 Å². The molecule has 25 heavy (non-hydrogen) atoms. The Hall–Kier alpha value is -2.47. The van der Waals surface area contributed by atoms with Crippen LogP contribution in [0.5, 0.6) is 0 Å². The zero-order chi connectivity index (χ0) is 17.4. The molecule has 1 aromatic heterocycles. The number of nitrogens with one attached hydrogen (secondary N) is 2. The molecule has 4 nitrogen and oxygen atoms in total. The van der Waals surface area contributed by atoms with Crippen molar-refractivity contribution >= 4 is 33.1 Å². The molecule has 1 saturated carbocycles. The number of halogens is 1. The van der Waals surface area contributed by atoms with Crippen molar-refractivity contribution in [1.82, 2.24) is 10.3 Å². The van der Waals surface area contributed by atoms with Crippen molar-refractivity contribution in [2.45, 2.75) is 31.8 Å². The Labute approximate surface area is 149 Å². The molecule has 6 heteroatoms. The van der Waals surface area contributed by atoms with Gasteiger partial charge in [-0.3, -0.25) is 4.79 Å². The summed E-state index contributed by atoms with van der Waals surface area (Å²) in [7, 11) is 0. The van der Waals surface area contributed by atoms with Crippen LogP contribution in [0.4, 0.5) is 10.1 Å². The lowest BCUT2D eigenvalue weighted by molar-refractivity contribution is -0.122. The highest BCUT2D eigenvalue weighted by Crippen LogP contribution is 2.28. The predicted octanol–water partition coefficient (Wildman–Crippen LogP) is 4.18. The molecular formula is C19H18FN3OS. The van der Waals surface area contributed by atoms with Gasteiger partial charge in [-0.15, -0.1) is 11.3 Å². The number of aromatic nitrogens is 1. The average molecular weight is 355 g/mol. The molecule has 1 fully saturated rings. The molecule has 0 saturated heterocycles. The first kappa shape index (κ1) is 16.0. The van der Waals surface area contributed by atoms with Crippen LogP contribution in [0.15, 0.2) is 42.5 Å². The van der Waals surface area contributed by atoms with Crippen LogP contribution < -0.4 is 10.6 Å². The van der Waals surface area contributed by atoms with Gasteiger partial charge in [0.1, 0.15) is 11.9 Å². The van der Waals surface area contributed by atoms with Crippen molar-refractivity contribution in [3.8, 4) is 0 Å². The van der Waals surface area contributed by atoms with Gasteiger partial charge in [-0.05, 0) is 55.7 Å². The summed E-state index contributed by atoms with van der Waals surface area (Å²) in [4.78, 5) is 17.1. The average Bonchev–Trinajstić information content (AvgIpc) is 3.32. The summed E-state index contributed by atoms with van der Waals surface area (Å²) in [6.07, 6.45) is 2.04. The number of benzene rings is 2. The zero-order valence-corrected chi connectivity index (χ0v) is 14.6. The fraction of sp³-hybridized carbons (Fsp3) is 0.263. The molecule has 0 aliphatic heterocycles. The first-order chi connectivity index (χ1) is 12.1. The van der Waals surface area contributed by atoms with Crippen LogP contribution in [0, 0.1) is 12.7 Å². The number of anilines is 1. The van der Waals surface area contributed by atoms with Crippen LogP contribution in [-0.4, -0.2) is 16.9 Å². The fourth-order valence-electron chi connectivity index (χ4n) is 2.76. The number of hydrogen-bond donors (Lipinski definition) is 2. The molecular weight excluding hydrogens is 337 g/mol. The molecule has 0 bridgehead atoms. The highest BCUT2D eigenvalue weighted by Gasteiger charge is 2.28. The number of fused-ring (bicyclic) bond motifs is 1. The first-order valence-corrected chi connectivity index (χ1v) is 9.10. The van der Waals surface area contributed by atoms with Gasteiger partial charge in [0.2, 0.25) is 5.91 Å². The van der Waals surface area contributed by atoms with Crippen molar-refractivity contribution in [3.63, 3.8) is 0 Å². The minimum Gasteiger partial charge on any atom is -0.370 e. The van der Waals surface area contributed by atoms with Gasteiger partial charge in [-0.1, -0.05) is 12.1 Å². The van der Waals surface area contributed by atoms with Crippen molar-refractivity contribution in [2.24, 2.45) is 0 Å². The Bertz CT molecular complexity index is 918. The van der Waals surface area contributed by atoms with E-state index in [0.717, 1.165) is 39.3 Å². The minimum absolute atomic E-state index is 0.0882. The number of hydrogen-bond acceptors (Lipinski definition) is 4. The minimum atomic E-state index is -0.562. The van der Waals surface area contributed by atoms with E-state index in [1.165, 1.54) is 12.1 Å². The maximum absolute atomic E-state index is 13.2. The number of thiazole rings is 1. The summed E-state index contributed by atoms with van der Waals surface area (Å²) in [5.41, 5.74) is 2.53. The standard InChI is InChI=1S/C19H18FN3OS/c1-11-21-16-9-8-15(10-17(16)25-11)22-18(19(24)23-14-6-7-14)12-2-4-13(20)5-3-12/h2-5,8-10,14,18,22H,6-7H2,1H3,(H,23,24). The molecule has 2 aromatic carbocycles. The Kier molecular flexibility index (Phi) is 4.13. The molecule has 4 rings (SSSR count). The number of nitrogens with zero attached hydrogens (tertiary/aromatic N) is 1. The van der Waals surface area contributed by atoms with Gasteiger partial charge in [0, 0.05) is 11.7 Å². The summed E-state index contributed by atoms with van der Waals surface area (Å²) in [5.74, 6) is -0.402. The van der Waals surface area contributed by atoms with E-state index in [1.807, 2.05) is 25.1 Å². The molecule has 1 heterocycles. The van der Waals surface area contributed by atoms with Crippen LogP contribution >= 0.6 is 11.3 Å². The second-order valence-electron chi connectivity index (χ2n) is 6.33. The maximum atomic E-state index is 13.2. The van der Waals surface area contributed by atoms with Crippen molar-refractivity contribution in [3.05, 3.63) is 58.9 Å². The predicted molar refractivity (Wildman–Crippen MR) is 98.3 cm³/mol. The summed E-state index contributed by atoms with van der Waals surface area (Å²) in [6.45, 7) is 1.97. The third kappa shape index (κ3) is 3.64. The van der Waals surface area contributed by atoms with E-state index in [-0.39, 0.29) is 17.8 Å². The molecule has 0 radical (unpaired) electrons. The van der Waals surface area contributed by atoms with E-state index in [4.69, 9.17) is 0 Å². The van der Waals surface area contributed by atoms with E-state index in [1.54, 1.807) is 23.5 Å². The fourth-order valence-corrected chi connectivity index (χ4v) is 3.63. The second-order valence-corrected chi connectivity index (χ2v) is 7.56. The summed E-state index contributed by atoms with van der Waals surface area (Å²) >= 11 is 1.62. The van der Waals surface area contributed by atoms with E-state index < -0.39 is 6.04 Å². The van der Waals surface area contributed by atoms with E-state index >= 15 is 0 Å². The summed E-state index contributed by atoms with van der Waals surface area (Å²) in [5, 5.41) is 7.33. The van der Waals surface area contributed by atoms with Crippen LogP contribution in [-0.2, 0) is 4.79 Å². The smallest absolute Gasteiger partial charge is 0.247 e. The Morgan fingerprint density at radius 3 is 2.72 bits per heavy atom. The molecule has 1 amide bonds. The molecule has 3 aromatic rings. The number of rotatable bonds is 5. The molecule has 1 atom stereocenters. The lowest BCUT2D eigenvalue weighted by Crippen LogP contribution is -2.34. The third-order valence-electron chi connectivity index (χ3n) is 4.20. The lowest BCUT2D eigenvalue weighted by atomic mass is 10.1. The molecule has 1 aliphatic carbocycles. The lowest BCUT2D eigenvalue weighted by Gasteiger charge is -2.20. The number of carbonyl (C=O) groups is 1. The number of amides is 1. The molecule has 1 unspecified atom stereocenters. The SMILES string of the molecule is Cc1nc2ccc(NC(C(=O)NC3CC3)c3ccc(F)cc3)cc2s1. The highest BCUT2D eigenvalue weighted by molar-refractivity contribution is 7.18. The molecule has 0 spiro atoms. The van der Waals surface area contributed by atoms with Crippen molar-refractivity contribution < 1.29 is 9.18 Å². The molecule has 1 aliphatic rings. The van der Waals surface area contributed by atoms with Gasteiger partial charge >= 0.3 is 0 Å². The quantitative estimate of drug-likeness (QED) is 0.722. The largest absolute Gasteiger partial charge is 0.370 e. The van der Waals surface area contributed by atoms with Gasteiger partial charge in [-0.2, -0.15) is 0 Å². The zero-order valence-electron chi connectivity index (χ0n) is 13.8. The first-order valence-electron chi connectivity index (χ1n) is 8.28. The Morgan fingerprint density at radius 2 is 2.00 bits per heavy atom. The number of aryl methyl sites for hydroxylation is 1. The van der Waals surface area contributed by atoms with E-state index in [2.05, 4.69) is 15.6 Å². The normalized spacial score (nSPS) is 15.1. The monoisotopic (exact) mass is 355 g/mol. The Balaban J connectivity index is 1.63. The van der Waals surface area contributed by atoms with Crippen LogP contribution in [0.25, 0.3) is 10.2 Å². The third-order valence-corrected chi connectivity index (χ3v) is 5.13. The second kappa shape index (κ2) is 6.44. The molecule has 128 valence electrons. The topological polar surface area (TPSA) is 54.0 Å². The Morgan fingerprint density at radius 1 is 1.24 bits per heavy atom. The van der Waals surface area contributed by atoms with Gasteiger partial charge in [0.05, 0.1) is 15.2 Å². The van der Waals surface area contributed by atoms with Gasteiger partial charge in [-0.25, -0.2) is 9.37 Å². The van der Waals surface area contributed by atoms with E-state index in [9.17, 15) is 9.18 Å². The highest BCUT2D eigenvalue weighted by atomic mass is 32.1. The molecule has 2 N–H and O–H groups in total. The van der Waals surface area contributed by atoms with Gasteiger partial charge in [0.25, 0.3) is 0 Å². The van der Waals surface area contributed by atoms with E-state index in [0.29, 0.717) is 0 Å². The van der Waals surface area contributed by atoms with Crippen molar-refractivity contribution in [1.29, 1.82) is 0 Å². The van der Waals surface area contributed by atoms with Crippen LogP contribution in [0.3, 0.4) is 0 Å². The summed E-state index contributed by atoms with van der Waals surface area (Å²) in [6, 6.07) is 11.6. The summed E-state index contributed by atoms with van der Waals surface area (Å²) < 4.78 is 14.3. The van der Waals surface area contributed by atoms with Crippen LogP contribution in [0.2, 0.25) is 0 Å². The number of carbonyl (C=O) groups excluding carboxylic acids is 1. The maximum Gasteiger partial charge on any atom is 0.247 e.